The molecule has 6 heteroatoms. The number of rotatable bonds is 3. The second-order valence-corrected chi connectivity index (χ2v) is 7.37. The Hall–Kier alpha value is -1.85. The Morgan fingerprint density at radius 1 is 1.04 bits per heavy atom. The second kappa shape index (κ2) is 8.02. The van der Waals surface area contributed by atoms with Crippen molar-refractivity contribution in [3.8, 4) is 0 Å². The smallest absolute Gasteiger partial charge is 0.255 e. The van der Waals surface area contributed by atoms with Gasteiger partial charge in [-0.15, -0.1) is 0 Å². The van der Waals surface area contributed by atoms with Crippen molar-refractivity contribution in [3.63, 3.8) is 0 Å². The average molecular weight is 422 g/mol. The largest absolute Gasteiger partial charge is 0.339 e. The predicted molar refractivity (Wildman–Crippen MR) is 103 cm³/mol. The van der Waals surface area contributed by atoms with Crippen LogP contribution in [0.15, 0.2) is 53.0 Å². The Kier molecular flexibility index (Phi) is 5.76. The lowest BCUT2D eigenvalue weighted by Gasteiger charge is -2.31. The SMILES string of the molecule is O=C(Nc1ccc(Br)cc1)C1CCN(C(=O)c2ccccc2Cl)CC1. The van der Waals surface area contributed by atoms with Gasteiger partial charge in [-0.25, -0.2) is 0 Å². The topological polar surface area (TPSA) is 49.4 Å². The third kappa shape index (κ3) is 4.41. The summed E-state index contributed by atoms with van der Waals surface area (Å²) in [4.78, 5) is 26.7. The molecule has 0 atom stereocenters. The van der Waals surface area contributed by atoms with Crippen LogP contribution >= 0.6 is 27.5 Å². The van der Waals surface area contributed by atoms with Gasteiger partial charge in [-0.2, -0.15) is 0 Å². The molecule has 1 fully saturated rings. The minimum Gasteiger partial charge on any atom is -0.339 e. The summed E-state index contributed by atoms with van der Waals surface area (Å²) >= 11 is 9.48. The van der Waals surface area contributed by atoms with E-state index in [1.165, 1.54) is 0 Å². The highest BCUT2D eigenvalue weighted by Gasteiger charge is 2.28. The summed E-state index contributed by atoms with van der Waals surface area (Å²) in [5, 5.41) is 3.40. The van der Waals surface area contributed by atoms with Crippen molar-refractivity contribution in [3.05, 3.63) is 63.6 Å². The van der Waals surface area contributed by atoms with Crippen LogP contribution in [0.4, 0.5) is 5.69 Å². The van der Waals surface area contributed by atoms with E-state index in [1.807, 2.05) is 24.3 Å². The fraction of sp³-hybridized carbons (Fsp3) is 0.263. The molecule has 25 heavy (non-hydrogen) atoms. The molecule has 1 aliphatic heterocycles. The Morgan fingerprint density at radius 2 is 1.68 bits per heavy atom. The summed E-state index contributed by atoms with van der Waals surface area (Å²) < 4.78 is 0.969. The number of nitrogens with one attached hydrogen (secondary N) is 1. The Morgan fingerprint density at radius 3 is 2.32 bits per heavy atom. The zero-order chi connectivity index (χ0) is 17.8. The number of hydrogen-bond donors (Lipinski definition) is 1. The van der Waals surface area contributed by atoms with E-state index in [0.29, 0.717) is 36.5 Å². The van der Waals surface area contributed by atoms with Gasteiger partial charge in [-0.05, 0) is 49.2 Å². The van der Waals surface area contributed by atoms with Crippen LogP contribution < -0.4 is 5.32 Å². The van der Waals surface area contributed by atoms with E-state index in [4.69, 9.17) is 11.6 Å². The lowest BCUT2D eigenvalue weighted by Crippen LogP contribution is -2.41. The van der Waals surface area contributed by atoms with Crippen LogP contribution in [0.5, 0.6) is 0 Å². The van der Waals surface area contributed by atoms with Crippen LogP contribution in [-0.4, -0.2) is 29.8 Å². The summed E-state index contributed by atoms with van der Waals surface area (Å²) in [7, 11) is 0. The fourth-order valence-corrected chi connectivity index (χ4v) is 3.41. The van der Waals surface area contributed by atoms with E-state index in [-0.39, 0.29) is 17.7 Å². The number of likely N-dealkylation sites (tertiary alicyclic amines) is 1. The molecule has 0 radical (unpaired) electrons. The third-order valence-electron chi connectivity index (χ3n) is 4.37. The van der Waals surface area contributed by atoms with E-state index >= 15 is 0 Å². The predicted octanol–water partition coefficient (Wildman–Crippen LogP) is 4.59. The number of carbonyl (C=O) groups is 2. The van der Waals surface area contributed by atoms with Gasteiger partial charge in [-0.1, -0.05) is 39.7 Å². The first-order valence-electron chi connectivity index (χ1n) is 8.15. The summed E-state index contributed by atoms with van der Waals surface area (Å²) in [6, 6.07) is 14.6. The van der Waals surface area contributed by atoms with Gasteiger partial charge in [0.05, 0.1) is 10.6 Å². The standard InChI is InChI=1S/C19H18BrClN2O2/c20-14-5-7-15(8-6-14)22-18(24)13-9-11-23(12-10-13)19(25)16-3-1-2-4-17(16)21/h1-8,13H,9-12H2,(H,22,24). The fourth-order valence-electron chi connectivity index (χ4n) is 2.93. The van der Waals surface area contributed by atoms with Crippen molar-refractivity contribution in [2.75, 3.05) is 18.4 Å². The van der Waals surface area contributed by atoms with Crippen LogP contribution in [0, 0.1) is 5.92 Å². The minimum atomic E-state index is -0.0843. The molecule has 2 aromatic rings. The highest BCUT2D eigenvalue weighted by Crippen LogP contribution is 2.24. The van der Waals surface area contributed by atoms with Gasteiger partial charge in [-0.3, -0.25) is 9.59 Å². The first kappa shape index (κ1) is 18.0. The van der Waals surface area contributed by atoms with E-state index < -0.39 is 0 Å². The highest BCUT2D eigenvalue weighted by atomic mass is 79.9. The molecular weight excluding hydrogens is 404 g/mol. The highest BCUT2D eigenvalue weighted by molar-refractivity contribution is 9.10. The first-order valence-corrected chi connectivity index (χ1v) is 9.32. The number of anilines is 1. The molecule has 0 aliphatic carbocycles. The zero-order valence-corrected chi connectivity index (χ0v) is 15.9. The van der Waals surface area contributed by atoms with Gasteiger partial charge in [0.25, 0.3) is 5.91 Å². The van der Waals surface area contributed by atoms with E-state index in [0.717, 1.165) is 10.2 Å². The van der Waals surface area contributed by atoms with E-state index in [2.05, 4.69) is 21.2 Å². The van der Waals surface area contributed by atoms with Crippen molar-refractivity contribution in [2.45, 2.75) is 12.8 Å². The lowest BCUT2D eigenvalue weighted by molar-refractivity contribution is -0.121. The number of hydrogen-bond acceptors (Lipinski definition) is 2. The zero-order valence-electron chi connectivity index (χ0n) is 13.5. The maximum Gasteiger partial charge on any atom is 0.255 e. The summed E-state index contributed by atoms with van der Waals surface area (Å²) in [5.74, 6) is -0.150. The monoisotopic (exact) mass is 420 g/mol. The van der Waals surface area contributed by atoms with Gasteiger partial charge in [0.1, 0.15) is 0 Å². The maximum atomic E-state index is 12.6. The average Bonchev–Trinajstić information content (AvgIpc) is 2.63. The van der Waals surface area contributed by atoms with Crippen molar-refractivity contribution >= 4 is 45.0 Å². The minimum absolute atomic E-state index is 0.00663. The molecule has 1 aliphatic rings. The van der Waals surface area contributed by atoms with Gasteiger partial charge >= 0.3 is 0 Å². The molecule has 130 valence electrons. The van der Waals surface area contributed by atoms with Gasteiger partial charge in [0.2, 0.25) is 5.91 Å². The maximum absolute atomic E-state index is 12.6. The third-order valence-corrected chi connectivity index (χ3v) is 5.23. The van der Waals surface area contributed by atoms with E-state index in [9.17, 15) is 9.59 Å². The molecule has 3 rings (SSSR count). The van der Waals surface area contributed by atoms with Gasteiger partial charge in [0, 0.05) is 29.2 Å². The number of nitrogens with zero attached hydrogens (tertiary/aromatic N) is 1. The Balaban J connectivity index is 1.56. The molecule has 0 spiro atoms. The van der Waals surface area contributed by atoms with E-state index in [1.54, 1.807) is 29.2 Å². The van der Waals surface area contributed by atoms with Crippen molar-refractivity contribution < 1.29 is 9.59 Å². The van der Waals surface area contributed by atoms with Crippen LogP contribution in [-0.2, 0) is 4.79 Å². The van der Waals surface area contributed by atoms with Crippen LogP contribution in [0.3, 0.4) is 0 Å². The molecule has 0 bridgehead atoms. The molecular formula is C19H18BrClN2O2. The molecule has 1 saturated heterocycles. The number of halogens is 2. The molecule has 1 heterocycles. The Labute approximate surface area is 160 Å². The molecule has 2 amide bonds. The van der Waals surface area contributed by atoms with Crippen LogP contribution in [0.2, 0.25) is 5.02 Å². The normalized spacial score (nSPS) is 15.0. The number of piperidine rings is 1. The molecule has 1 N–H and O–H groups in total. The molecule has 4 nitrogen and oxygen atoms in total. The first-order chi connectivity index (χ1) is 12.0. The van der Waals surface area contributed by atoms with Crippen LogP contribution in [0.1, 0.15) is 23.2 Å². The molecule has 0 unspecified atom stereocenters. The number of carbonyl (C=O) groups excluding carboxylic acids is 2. The quantitative estimate of drug-likeness (QED) is 0.788. The van der Waals surface area contributed by atoms with Gasteiger partial charge in [0.15, 0.2) is 0 Å². The van der Waals surface area contributed by atoms with Crippen molar-refractivity contribution in [2.24, 2.45) is 5.92 Å². The number of amides is 2. The second-order valence-electron chi connectivity index (χ2n) is 6.04. The van der Waals surface area contributed by atoms with Crippen LogP contribution in [0.25, 0.3) is 0 Å². The van der Waals surface area contributed by atoms with Crippen molar-refractivity contribution in [1.29, 1.82) is 0 Å². The lowest BCUT2D eigenvalue weighted by atomic mass is 9.95. The summed E-state index contributed by atoms with van der Waals surface area (Å²) in [5.41, 5.74) is 1.30. The number of benzene rings is 2. The molecule has 0 saturated carbocycles. The van der Waals surface area contributed by atoms with Gasteiger partial charge < -0.3 is 10.2 Å². The van der Waals surface area contributed by atoms with Crippen molar-refractivity contribution in [1.82, 2.24) is 4.90 Å². The Bertz CT molecular complexity index is 771. The summed E-state index contributed by atoms with van der Waals surface area (Å²) in [6.07, 6.45) is 1.30. The molecule has 2 aromatic carbocycles. The summed E-state index contributed by atoms with van der Waals surface area (Å²) in [6.45, 7) is 1.12. The molecule has 0 aromatic heterocycles.